The van der Waals surface area contributed by atoms with Gasteiger partial charge in [0.2, 0.25) is 10.0 Å². The SMILES string of the molecule is CN(CCC(F)(F)F)S(=O)(=O)c1ccc(NN)cc1. The smallest absolute Gasteiger partial charge is 0.324 e. The third kappa shape index (κ3) is 4.37. The molecule has 0 fully saturated rings. The lowest BCUT2D eigenvalue weighted by Crippen LogP contribution is -2.30. The van der Waals surface area contributed by atoms with E-state index in [1.165, 1.54) is 24.3 Å². The molecule has 0 bridgehead atoms. The lowest BCUT2D eigenvalue weighted by atomic mass is 10.3. The van der Waals surface area contributed by atoms with Crippen molar-refractivity contribution in [1.29, 1.82) is 0 Å². The van der Waals surface area contributed by atoms with Gasteiger partial charge in [0.25, 0.3) is 0 Å². The third-order valence-electron chi connectivity index (χ3n) is 2.44. The van der Waals surface area contributed by atoms with Crippen LogP contribution in [0.15, 0.2) is 29.2 Å². The van der Waals surface area contributed by atoms with Gasteiger partial charge < -0.3 is 5.43 Å². The van der Waals surface area contributed by atoms with Gasteiger partial charge in [-0.1, -0.05) is 0 Å². The van der Waals surface area contributed by atoms with E-state index in [2.05, 4.69) is 5.43 Å². The second kappa shape index (κ2) is 5.76. The molecule has 9 heteroatoms. The van der Waals surface area contributed by atoms with Gasteiger partial charge in [0, 0.05) is 19.3 Å². The maximum Gasteiger partial charge on any atom is 0.390 e. The molecule has 1 aromatic carbocycles. The van der Waals surface area contributed by atoms with Crippen molar-refractivity contribution in [2.75, 3.05) is 19.0 Å². The van der Waals surface area contributed by atoms with Crippen molar-refractivity contribution in [2.24, 2.45) is 5.84 Å². The average Bonchev–Trinajstić information content (AvgIpc) is 2.35. The van der Waals surface area contributed by atoms with Crippen molar-refractivity contribution in [2.45, 2.75) is 17.5 Å². The summed E-state index contributed by atoms with van der Waals surface area (Å²) < 4.78 is 60.8. The minimum atomic E-state index is -4.39. The van der Waals surface area contributed by atoms with Crippen molar-refractivity contribution in [1.82, 2.24) is 4.31 Å². The zero-order valence-electron chi connectivity index (χ0n) is 10.1. The summed E-state index contributed by atoms with van der Waals surface area (Å²) in [6.07, 6.45) is -5.58. The van der Waals surface area contributed by atoms with Gasteiger partial charge in [-0.25, -0.2) is 12.7 Å². The quantitative estimate of drug-likeness (QED) is 0.638. The van der Waals surface area contributed by atoms with Crippen molar-refractivity contribution >= 4 is 15.7 Å². The van der Waals surface area contributed by atoms with Crippen LogP contribution in [0.3, 0.4) is 0 Å². The number of nitrogens with two attached hydrogens (primary N) is 1. The molecule has 0 aliphatic rings. The lowest BCUT2D eigenvalue weighted by molar-refractivity contribution is -0.135. The molecule has 1 rings (SSSR count). The number of sulfonamides is 1. The molecule has 0 aliphatic heterocycles. The average molecular weight is 297 g/mol. The topological polar surface area (TPSA) is 75.4 Å². The van der Waals surface area contributed by atoms with Gasteiger partial charge in [-0.05, 0) is 24.3 Å². The van der Waals surface area contributed by atoms with E-state index >= 15 is 0 Å². The Hall–Kier alpha value is -1.32. The van der Waals surface area contributed by atoms with Gasteiger partial charge in [0.1, 0.15) is 0 Å². The second-order valence-electron chi connectivity index (χ2n) is 3.86. The van der Waals surface area contributed by atoms with Crippen LogP contribution >= 0.6 is 0 Å². The van der Waals surface area contributed by atoms with Gasteiger partial charge in [-0.3, -0.25) is 5.84 Å². The summed E-state index contributed by atoms with van der Waals surface area (Å²) in [5.74, 6) is 5.13. The minimum Gasteiger partial charge on any atom is -0.324 e. The van der Waals surface area contributed by atoms with Crippen LogP contribution < -0.4 is 11.3 Å². The number of halogens is 3. The molecular weight excluding hydrogens is 283 g/mol. The van der Waals surface area contributed by atoms with E-state index in [0.29, 0.717) is 9.99 Å². The number of hydrazine groups is 1. The highest BCUT2D eigenvalue weighted by Crippen LogP contribution is 2.22. The first-order valence-corrected chi connectivity index (χ1v) is 6.70. The van der Waals surface area contributed by atoms with Crippen LogP contribution in [0.4, 0.5) is 18.9 Å². The molecule has 0 saturated carbocycles. The number of nitrogen functional groups attached to an aromatic ring is 1. The van der Waals surface area contributed by atoms with E-state index < -0.39 is 29.2 Å². The fourth-order valence-electron chi connectivity index (χ4n) is 1.31. The van der Waals surface area contributed by atoms with E-state index in [-0.39, 0.29) is 4.90 Å². The van der Waals surface area contributed by atoms with E-state index in [1.54, 1.807) is 0 Å². The fraction of sp³-hybridized carbons (Fsp3) is 0.400. The summed E-state index contributed by atoms with van der Waals surface area (Å²) in [4.78, 5) is -0.0869. The summed E-state index contributed by atoms with van der Waals surface area (Å²) in [5.41, 5.74) is 2.82. The molecular formula is C10H14F3N3O2S. The molecule has 19 heavy (non-hydrogen) atoms. The number of anilines is 1. The van der Waals surface area contributed by atoms with Gasteiger partial charge in [-0.2, -0.15) is 13.2 Å². The third-order valence-corrected chi connectivity index (χ3v) is 4.31. The maximum absolute atomic E-state index is 12.1. The highest BCUT2D eigenvalue weighted by atomic mass is 32.2. The molecule has 0 radical (unpaired) electrons. The Bertz CT molecular complexity index is 514. The summed E-state index contributed by atoms with van der Waals surface area (Å²) in [7, 11) is -2.81. The number of nitrogens with zero attached hydrogens (tertiary/aromatic N) is 1. The Balaban J connectivity index is 2.84. The highest BCUT2D eigenvalue weighted by Gasteiger charge is 2.30. The van der Waals surface area contributed by atoms with Crippen molar-refractivity contribution in [3.05, 3.63) is 24.3 Å². The predicted molar refractivity (Wildman–Crippen MR) is 64.7 cm³/mol. The largest absolute Gasteiger partial charge is 0.390 e. The zero-order valence-corrected chi connectivity index (χ0v) is 10.9. The van der Waals surface area contributed by atoms with Crippen LogP contribution in [0.1, 0.15) is 6.42 Å². The summed E-state index contributed by atoms with van der Waals surface area (Å²) in [6.45, 7) is -0.622. The van der Waals surface area contributed by atoms with Gasteiger partial charge in [0.15, 0.2) is 0 Å². The monoisotopic (exact) mass is 297 g/mol. The minimum absolute atomic E-state index is 0.0869. The molecule has 0 saturated heterocycles. The van der Waals surface area contributed by atoms with Crippen LogP contribution in [-0.4, -0.2) is 32.5 Å². The molecule has 108 valence electrons. The first-order valence-electron chi connectivity index (χ1n) is 5.26. The van der Waals surface area contributed by atoms with E-state index in [0.717, 1.165) is 7.05 Å². The Morgan fingerprint density at radius 3 is 2.21 bits per heavy atom. The molecule has 0 aliphatic carbocycles. The van der Waals surface area contributed by atoms with Crippen LogP contribution in [0.2, 0.25) is 0 Å². The predicted octanol–water partition coefficient (Wildman–Crippen LogP) is 1.55. The van der Waals surface area contributed by atoms with Crippen LogP contribution in [0, 0.1) is 0 Å². The van der Waals surface area contributed by atoms with Gasteiger partial charge in [-0.15, -0.1) is 0 Å². The Morgan fingerprint density at radius 2 is 1.79 bits per heavy atom. The van der Waals surface area contributed by atoms with Crippen molar-refractivity contribution < 1.29 is 21.6 Å². The number of hydrogen-bond donors (Lipinski definition) is 2. The summed E-state index contributed by atoms with van der Waals surface area (Å²) >= 11 is 0. The Labute approximate surface area is 109 Å². The first-order chi connectivity index (χ1) is 8.66. The molecule has 0 heterocycles. The molecule has 0 spiro atoms. The lowest BCUT2D eigenvalue weighted by Gasteiger charge is -2.18. The molecule has 0 unspecified atom stereocenters. The van der Waals surface area contributed by atoms with E-state index in [9.17, 15) is 21.6 Å². The fourth-order valence-corrected chi connectivity index (χ4v) is 2.48. The van der Waals surface area contributed by atoms with Crippen molar-refractivity contribution in [3.8, 4) is 0 Å². The molecule has 0 amide bonds. The zero-order chi connectivity index (χ0) is 14.7. The van der Waals surface area contributed by atoms with E-state index in [1.807, 2.05) is 0 Å². The van der Waals surface area contributed by atoms with Crippen LogP contribution in [0.5, 0.6) is 0 Å². The first kappa shape index (κ1) is 15.7. The number of rotatable bonds is 5. The number of nitrogens with one attached hydrogen (secondary N) is 1. The Morgan fingerprint density at radius 1 is 1.26 bits per heavy atom. The maximum atomic E-state index is 12.1. The molecule has 1 aromatic rings. The van der Waals surface area contributed by atoms with Gasteiger partial charge >= 0.3 is 6.18 Å². The summed E-state index contributed by atoms with van der Waals surface area (Å²) in [5, 5.41) is 0. The summed E-state index contributed by atoms with van der Waals surface area (Å²) in [6, 6.07) is 5.39. The molecule has 0 aromatic heterocycles. The Kier molecular flexibility index (Phi) is 4.77. The van der Waals surface area contributed by atoms with Crippen LogP contribution in [-0.2, 0) is 10.0 Å². The van der Waals surface area contributed by atoms with Crippen molar-refractivity contribution in [3.63, 3.8) is 0 Å². The van der Waals surface area contributed by atoms with Gasteiger partial charge in [0.05, 0.1) is 11.3 Å². The second-order valence-corrected chi connectivity index (χ2v) is 5.91. The van der Waals surface area contributed by atoms with Crippen LogP contribution in [0.25, 0.3) is 0 Å². The molecule has 3 N–H and O–H groups in total. The molecule has 0 atom stereocenters. The number of alkyl halides is 3. The highest BCUT2D eigenvalue weighted by molar-refractivity contribution is 7.89. The number of benzene rings is 1. The van der Waals surface area contributed by atoms with E-state index in [4.69, 9.17) is 5.84 Å². The number of hydrogen-bond acceptors (Lipinski definition) is 4. The normalized spacial score (nSPS) is 12.7. The standard InChI is InChI=1S/C10H14F3N3O2S/c1-16(7-6-10(11,12)13)19(17,18)9-4-2-8(15-14)3-5-9/h2-5,15H,6-7,14H2,1H3. The molecule has 5 nitrogen and oxygen atoms in total.